The van der Waals surface area contributed by atoms with Crippen molar-refractivity contribution in [3.05, 3.63) is 23.5 Å². The van der Waals surface area contributed by atoms with E-state index >= 15 is 0 Å². The molecule has 0 aliphatic carbocycles. The van der Waals surface area contributed by atoms with E-state index in [0.717, 1.165) is 11.4 Å². The van der Waals surface area contributed by atoms with Crippen molar-refractivity contribution < 1.29 is 0 Å². The van der Waals surface area contributed by atoms with Crippen LogP contribution in [0.15, 0.2) is 12.1 Å². The molecule has 1 heterocycles. The van der Waals surface area contributed by atoms with E-state index in [1.165, 1.54) is 0 Å². The predicted octanol–water partition coefficient (Wildman–Crippen LogP) is 1.21. The van der Waals surface area contributed by atoms with E-state index in [9.17, 15) is 0 Å². The molecule has 10 heavy (non-hydrogen) atoms. The van der Waals surface area contributed by atoms with Gasteiger partial charge in [0.25, 0.3) is 0 Å². The second-order valence-corrected chi connectivity index (χ2v) is 2.00. The van der Waals surface area contributed by atoms with Gasteiger partial charge in [-0.05, 0) is 31.2 Å². The first-order valence-corrected chi connectivity index (χ1v) is 3.12. The van der Waals surface area contributed by atoms with E-state index < -0.39 is 0 Å². The van der Waals surface area contributed by atoms with Crippen LogP contribution >= 0.6 is 0 Å². The van der Waals surface area contributed by atoms with Crippen molar-refractivity contribution in [2.24, 2.45) is 0 Å². The second-order valence-electron chi connectivity index (χ2n) is 2.00. The van der Waals surface area contributed by atoms with Crippen molar-refractivity contribution in [2.75, 3.05) is 0 Å². The summed E-state index contributed by atoms with van der Waals surface area (Å²) in [6.07, 6.45) is 3.81. The first-order valence-electron chi connectivity index (χ1n) is 3.12. The molecule has 52 valence electrons. The van der Waals surface area contributed by atoms with Crippen molar-refractivity contribution >= 4 is 6.08 Å². The van der Waals surface area contributed by atoms with Crippen molar-refractivity contribution in [3.63, 3.8) is 0 Å². The fourth-order valence-electron chi connectivity index (χ4n) is 0.669. The molecule has 1 rings (SSSR count). The number of hydrogen-bond acceptors (Lipinski definition) is 3. The molecule has 0 spiro atoms. The average Bonchev–Trinajstić information content (AvgIpc) is 1.88. The molecule has 0 atom stereocenters. The highest BCUT2D eigenvalue weighted by atomic mass is 15.3. The minimum absolute atomic E-state index is 0.856. The zero-order chi connectivity index (χ0) is 7.40. The summed E-state index contributed by atoms with van der Waals surface area (Å²) in [4.78, 5) is 0. The normalized spacial score (nSPS) is 10.6. The Hall–Kier alpha value is -1.25. The summed E-state index contributed by atoms with van der Waals surface area (Å²) in [6.45, 7) is 3.83. The number of nitrogens with zero attached hydrogens (tertiary/aromatic N) is 3. The van der Waals surface area contributed by atoms with Gasteiger partial charge in [-0.3, -0.25) is 0 Å². The van der Waals surface area contributed by atoms with Crippen LogP contribution in [0.1, 0.15) is 18.3 Å². The fourth-order valence-corrected chi connectivity index (χ4v) is 0.669. The van der Waals surface area contributed by atoms with Gasteiger partial charge in [0.2, 0.25) is 0 Å². The fraction of sp³-hybridized carbons (Fsp3) is 0.286. The number of aromatic nitrogens is 3. The average molecular weight is 135 g/mol. The Morgan fingerprint density at radius 2 is 2.20 bits per heavy atom. The largest absolute Gasteiger partial charge is 0.136 e. The maximum Gasteiger partial charge on any atom is 0.0890 e. The quantitative estimate of drug-likeness (QED) is 0.581. The monoisotopic (exact) mass is 135 g/mol. The Labute approximate surface area is 59.8 Å². The molecule has 3 nitrogen and oxygen atoms in total. The SMILES string of the molecule is CC=Cc1cc(C)nnn1. The Balaban J connectivity index is 2.95. The first-order chi connectivity index (χ1) is 4.83. The molecular formula is C7H9N3. The Kier molecular flexibility index (Phi) is 2.10. The van der Waals surface area contributed by atoms with Crippen molar-refractivity contribution in [1.29, 1.82) is 0 Å². The highest BCUT2D eigenvalue weighted by Crippen LogP contribution is 1.96. The Morgan fingerprint density at radius 1 is 1.40 bits per heavy atom. The van der Waals surface area contributed by atoms with Crippen LogP contribution in [0.4, 0.5) is 0 Å². The first kappa shape index (κ1) is 6.86. The molecule has 0 amide bonds. The van der Waals surface area contributed by atoms with Gasteiger partial charge in [-0.2, -0.15) is 0 Å². The molecule has 0 bridgehead atoms. The molecule has 0 N–H and O–H groups in total. The van der Waals surface area contributed by atoms with Gasteiger partial charge in [0, 0.05) is 0 Å². The molecular weight excluding hydrogens is 126 g/mol. The van der Waals surface area contributed by atoms with E-state index in [-0.39, 0.29) is 0 Å². The molecule has 0 aromatic carbocycles. The molecule has 0 unspecified atom stereocenters. The topological polar surface area (TPSA) is 38.7 Å². The summed E-state index contributed by atoms with van der Waals surface area (Å²) in [5.41, 5.74) is 1.75. The molecule has 0 aliphatic rings. The minimum Gasteiger partial charge on any atom is -0.136 e. The third kappa shape index (κ3) is 1.62. The van der Waals surface area contributed by atoms with E-state index in [0.29, 0.717) is 0 Å². The zero-order valence-corrected chi connectivity index (χ0v) is 6.07. The van der Waals surface area contributed by atoms with Crippen LogP contribution in [0.3, 0.4) is 0 Å². The third-order valence-corrected chi connectivity index (χ3v) is 1.06. The lowest BCUT2D eigenvalue weighted by Gasteiger charge is -1.89. The molecule has 0 fully saturated rings. The van der Waals surface area contributed by atoms with Crippen molar-refractivity contribution in [2.45, 2.75) is 13.8 Å². The number of allylic oxidation sites excluding steroid dienone is 1. The summed E-state index contributed by atoms with van der Waals surface area (Å²) in [6, 6.07) is 1.88. The Bertz CT molecular complexity index is 242. The maximum absolute atomic E-state index is 3.78. The highest BCUT2D eigenvalue weighted by Gasteiger charge is 1.88. The summed E-state index contributed by atoms with van der Waals surface area (Å²) < 4.78 is 0. The van der Waals surface area contributed by atoms with Crippen LogP contribution in [0.25, 0.3) is 6.08 Å². The van der Waals surface area contributed by atoms with Gasteiger partial charge in [-0.1, -0.05) is 6.08 Å². The van der Waals surface area contributed by atoms with E-state index in [2.05, 4.69) is 15.4 Å². The number of hydrogen-bond donors (Lipinski definition) is 0. The number of rotatable bonds is 1. The standard InChI is InChI=1S/C7H9N3/c1-3-4-7-5-6(2)8-10-9-7/h3-5H,1-2H3. The second kappa shape index (κ2) is 3.06. The number of aryl methyl sites for hydroxylation is 1. The van der Waals surface area contributed by atoms with E-state index in [4.69, 9.17) is 0 Å². The van der Waals surface area contributed by atoms with Crippen molar-refractivity contribution in [3.8, 4) is 0 Å². The van der Waals surface area contributed by atoms with Gasteiger partial charge in [-0.15, -0.1) is 10.2 Å². The van der Waals surface area contributed by atoms with Gasteiger partial charge < -0.3 is 0 Å². The van der Waals surface area contributed by atoms with Crippen LogP contribution in [0.5, 0.6) is 0 Å². The van der Waals surface area contributed by atoms with Gasteiger partial charge in [0.15, 0.2) is 0 Å². The molecule has 1 aromatic rings. The summed E-state index contributed by atoms with van der Waals surface area (Å²) in [7, 11) is 0. The minimum atomic E-state index is 0.856. The lowest BCUT2D eigenvalue weighted by atomic mass is 10.3. The van der Waals surface area contributed by atoms with Crippen LogP contribution in [0.2, 0.25) is 0 Å². The van der Waals surface area contributed by atoms with Gasteiger partial charge in [-0.25, -0.2) is 0 Å². The van der Waals surface area contributed by atoms with Gasteiger partial charge in [0.1, 0.15) is 0 Å². The predicted molar refractivity (Wildman–Crippen MR) is 39.3 cm³/mol. The lowest BCUT2D eigenvalue weighted by Crippen LogP contribution is -1.91. The third-order valence-electron chi connectivity index (χ3n) is 1.06. The molecule has 0 saturated heterocycles. The Morgan fingerprint density at radius 3 is 2.80 bits per heavy atom. The van der Waals surface area contributed by atoms with Gasteiger partial charge in [0.05, 0.1) is 11.4 Å². The lowest BCUT2D eigenvalue weighted by molar-refractivity contribution is 0.832. The summed E-state index contributed by atoms with van der Waals surface area (Å²) in [5, 5.41) is 11.1. The van der Waals surface area contributed by atoms with Crippen LogP contribution in [-0.4, -0.2) is 15.4 Å². The molecule has 0 radical (unpaired) electrons. The van der Waals surface area contributed by atoms with Gasteiger partial charge >= 0.3 is 0 Å². The highest BCUT2D eigenvalue weighted by molar-refractivity contribution is 5.42. The van der Waals surface area contributed by atoms with Crippen LogP contribution in [-0.2, 0) is 0 Å². The zero-order valence-electron chi connectivity index (χ0n) is 6.07. The molecule has 0 aliphatic heterocycles. The maximum atomic E-state index is 3.78. The smallest absolute Gasteiger partial charge is 0.0890 e. The summed E-state index contributed by atoms with van der Waals surface area (Å²) >= 11 is 0. The van der Waals surface area contributed by atoms with Crippen LogP contribution in [0, 0.1) is 6.92 Å². The summed E-state index contributed by atoms with van der Waals surface area (Å²) in [5.74, 6) is 0. The van der Waals surface area contributed by atoms with E-state index in [1.54, 1.807) is 0 Å². The van der Waals surface area contributed by atoms with Crippen molar-refractivity contribution in [1.82, 2.24) is 15.4 Å². The molecule has 0 saturated carbocycles. The van der Waals surface area contributed by atoms with Crippen LogP contribution < -0.4 is 0 Å². The van der Waals surface area contributed by atoms with E-state index in [1.807, 2.05) is 32.1 Å². The molecule has 1 aromatic heterocycles. The molecule has 3 heteroatoms.